The molecule has 12 heteroatoms. The Morgan fingerprint density at radius 2 is 2.03 bits per heavy atom. The van der Waals surface area contributed by atoms with E-state index in [1.54, 1.807) is 12.4 Å². The van der Waals surface area contributed by atoms with E-state index in [0.717, 1.165) is 23.2 Å². The minimum Gasteiger partial charge on any atom is -0.391 e. The summed E-state index contributed by atoms with van der Waals surface area (Å²) in [6.45, 7) is 6.48. The van der Waals surface area contributed by atoms with Crippen LogP contribution in [0.4, 0.5) is 5.95 Å². The maximum atomic E-state index is 11.7. The molecule has 0 unspecified atom stereocenters. The fourth-order valence-corrected chi connectivity index (χ4v) is 5.11. The number of sulfonamides is 1. The fourth-order valence-electron chi connectivity index (χ4n) is 4.05. The van der Waals surface area contributed by atoms with Crippen molar-refractivity contribution in [2.75, 3.05) is 19.3 Å². The Labute approximate surface area is 197 Å². The lowest BCUT2D eigenvalue weighted by molar-refractivity contribution is 0.0829. The second-order valence-electron chi connectivity index (χ2n) is 8.48. The van der Waals surface area contributed by atoms with Gasteiger partial charge in [-0.15, -0.1) is 0 Å². The van der Waals surface area contributed by atoms with Crippen LogP contribution in [0.15, 0.2) is 23.5 Å². The number of hydrogen-bond donors (Lipinski definition) is 1. The largest absolute Gasteiger partial charge is 0.391 e. The molecule has 1 fully saturated rings. The summed E-state index contributed by atoms with van der Waals surface area (Å²) in [5.74, 6) is 0.775. The number of aromatic nitrogens is 5. The maximum absolute atomic E-state index is 11.7. The molecule has 10 nitrogen and oxygen atoms in total. The molecule has 0 bridgehead atoms. The van der Waals surface area contributed by atoms with Gasteiger partial charge in [-0.2, -0.15) is 4.31 Å². The standard InChI is InChI=1S/C21H26ClN7O3S/c1-12(2)29-13(3)26-20-17(29)7-15(9-23-20)19-16(22)10-25-21(27-19)24-8-14-5-6-28(11-18(14)30)33(4,31)32/h7-10,12,14,18,30H,5-6,11H2,1-4H3/t14-,18+/m0/s1. The SMILES string of the molecule is Cc1nc2ncc(-c3nc(N=C[C@@H]4CCN(S(C)(=O)=O)C[C@H]4O)ncc3Cl)cc2n1C(C)C. The van der Waals surface area contributed by atoms with E-state index in [2.05, 4.69) is 43.3 Å². The van der Waals surface area contributed by atoms with Crippen molar-refractivity contribution in [1.29, 1.82) is 0 Å². The quantitative estimate of drug-likeness (QED) is 0.543. The molecule has 1 aliphatic heterocycles. The molecule has 4 rings (SSSR count). The van der Waals surface area contributed by atoms with Gasteiger partial charge in [-0.1, -0.05) is 11.6 Å². The van der Waals surface area contributed by atoms with Gasteiger partial charge in [0.25, 0.3) is 0 Å². The predicted octanol–water partition coefficient (Wildman–Crippen LogP) is 2.78. The van der Waals surface area contributed by atoms with Gasteiger partial charge in [-0.25, -0.2) is 33.3 Å². The lowest BCUT2D eigenvalue weighted by Gasteiger charge is -2.32. The van der Waals surface area contributed by atoms with Crippen LogP contribution in [0.2, 0.25) is 5.02 Å². The van der Waals surface area contributed by atoms with Gasteiger partial charge in [-0.3, -0.25) is 0 Å². The van der Waals surface area contributed by atoms with Gasteiger partial charge in [-0.05, 0) is 33.3 Å². The van der Waals surface area contributed by atoms with E-state index in [1.165, 1.54) is 10.5 Å². The Hall–Kier alpha value is -2.47. The van der Waals surface area contributed by atoms with E-state index in [0.29, 0.717) is 29.3 Å². The molecule has 3 aromatic heterocycles. The summed E-state index contributed by atoms with van der Waals surface area (Å²) in [5.41, 5.74) is 2.76. The highest BCUT2D eigenvalue weighted by molar-refractivity contribution is 7.88. The molecule has 0 spiro atoms. The number of aliphatic hydroxyl groups excluding tert-OH is 1. The van der Waals surface area contributed by atoms with Crippen LogP contribution >= 0.6 is 11.6 Å². The smallest absolute Gasteiger partial charge is 0.249 e. The normalized spacial score (nSPS) is 20.3. The molecular weight excluding hydrogens is 466 g/mol. The first-order valence-electron chi connectivity index (χ1n) is 10.6. The van der Waals surface area contributed by atoms with Crippen LogP contribution in [0.25, 0.3) is 22.4 Å². The summed E-state index contributed by atoms with van der Waals surface area (Å²) in [6, 6.07) is 2.17. The Balaban J connectivity index is 1.61. The van der Waals surface area contributed by atoms with Crippen molar-refractivity contribution in [3.8, 4) is 11.3 Å². The van der Waals surface area contributed by atoms with E-state index < -0.39 is 16.1 Å². The summed E-state index contributed by atoms with van der Waals surface area (Å²) in [6.07, 6.45) is 5.47. The predicted molar refractivity (Wildman–Crippen MR) is 127 cm³/mol. The van der Waals surface area contributed by atoms with Gasteiger partial charge in [0.1, 0.15) is 5.82 Å². The Bertz CT molecular complexity index is 1320. The average Bonchev–Trinajstić information content (AvgIpc) is 3.08. The van der Waals surface area contributed by atoms with Crippen LogP contribution in [0.3, 0.4) is 0 Å². The van der Waals surface area contributed by atoms with Gasteiger partial charge in [0.05, 0.1) is 34.8 Å². The fraction of sp³-hybridized carbons (Fsp3) is 0.476. The number of piperidine rings is 1. The van der Waals surface area contributed by atoms with Crippen molar-refractivity contribution in [2.24, 2.45) is 10.9 Å². The third-order valence-electron chi connectivity index (χ3n) is 5.69. The first-order valence-corrected chi connectivity index (χ1v) is 12.8. The van der Waals surface area contributed by atoms with E-state index in [-0.39, 0.29) is 24.5 Å². The highest BCUT2D eigenvalue weighted by atomic mass is 35.5. The van der Waals surface area contributed by atoms with Gasteiger partial charge < -0.3 is 9.67 Å². The van der Waals surface area contributed by atoms with Crippen LogP contribution in [-0.4, -0.2) is 74.0 Å². The number of β-amino-alcohol motifs (C(OH)–C–C–N with tert-alkyl or cyclic N) is 1. The second-order valence-corrected chi connectivity index (χ2v) is 10.9. The van der Waals surface area contributed by atoms with Crippen molar-refractivity contribution in [3.63, 3.8) is 0 Å². The third kappa shape index (κ3) is 4.91. The number of aliphatic hydroxyl groups is 1. The minimum atomic E-state index is -3.34. The number of pyridine rings is 1. The summed E-state index contributed by atoms with van der Waals surface area (Å²) >= 11 is 6.39. The molecule has 0 aromatic carbocycles. The number of nitrogens with zero attached hydrogens (tertiary/aromatic N) is 7. The highest BCUT2D eigenvalue weighted by Gasteiger charge is 2.31. The molecule has 1 aliphatic rings. The molecule has 0 radical (unpaired) electrons. The number of halogens is 1. The molecule has 4 heterocycles. The van der Waals surface area contributed by atoms with Crippen LogP contribution in [0, 0.1) is 12.8 Å². The van der Waals surface area contributed by atoms with Gasteiger partial charge in [0, 0.05) is 43.0 Å². The van der Waals surface area contributed by atoms with Crippen molar-refractivity contribution >= 4 is 45.0 Å². The molecular formula is C21H26ClN7O3S. The van der Waals surface area contributed by atoms with Crippen molar-refractivity contribution in [3.05, 3.63) is 29.3 Å². The molecule has 1 saturated heterocycles. The number of rotatable bonds is 5. The van der Waals surface area contributed by atoms with Gasteiger partial charge in [0.15, 0.2) is 5.65 Å². The third-order valence-corrected chi connectivity index (χ3v) is 7.24. The number of hydrogen-bond acceptors (Lipinski definition) is 8. The van der Waals surface area contributed by atoms with Crippen LogP contribution < -0.4 is 0 Å². The van der Waals surface area contributed by atoms with Crippen molar-refractivity contribution < 1.29 is 13.5 Å². The molecule has 0 saturated carbocycles. The summed E-state index contributed by atoms with van der Waals surface area (Å²) in [4.78, 5) is 22.0. The summed E-state index contributed by atoms with van der Waals surface area (Å²) in [7, 11) is -3.34. The van der Waals surface area contributed by atoms with E-state index in [1.807, 2.05) is 13.0 Å². The zero-order valence-electron chi connectivity index (χ0n) is 18.8. The maximum Gasteiger partial charge on any atom is 0.249 e. The van der Waals surface area contributed by atoms with Crippen molar-refractivity contribution in [1.82, 2.24) is 28.8 Å². The van der Waals surface area contributed by atoms with Crippen molar-refractivity contribution in [2.45, 2.75) is 39.3 Å². The van der Waals surface area contributed by atoms with E-state index in [4.69, 9.17) is 11.6 Å². The van der Waals surface area contributed by atoms with Gasteiger partial charge >= 0.3 is 0 Å². The zero-order chi connectivity index (χ0) is 23.9. The lowest BCUT2D eigenvalue weighted by atomic mass is 9.96. The topological polar surface area (TPSA) is 126 Å². The molecule has 1 N–H and O–H groups in total. The molecule has 0 amide bonds. The average molecular weight is 492 g/mol. The molecule has 0 aliphatic carbocycles. The highest BCUT2D eigenvalue weighted by Crippen LogP contribution is 2.30. The molecule has 33 heavy (non-hydrogen) atoms. The molecule has 2 atom stereocenters. The van der Waals surface area contributed by atoms with Crippen LogP contribution in [0.1, 0.15) is 32.1 Å². The minimum absolute atomic E-state index is 0.0386. The summed E-state index contributed by atoms with van der Waals surface area (Å²) < 4.78 is 26.8. The van der Waals surface area contributed by atoms with Gasteiger partial charge in [0.2, 0.25) is 16.0 Å². The number of fused-ring (bicyclic) bond motifs is 1. The second kappa shape index (κ2) is 9.05. The Morgan fingerprint density at radius 3 is 2.70 bits per heavy atom. The number of aliphatic imine (C=N–C) groups is 1. The monoisotopic (exact) mass is 491 g/mol. The zero-order valence-corrected chi connectivity index (χ0v) is 20.4. The van der Waals surface area contributed by atoms with E-state index >= 15 is 0 Å². The number of aryl methyl sites for hydroxylation is 1. The molecule has 176 valence electrons. The van der Waals surface area contributed by atoms with Crippen LogP contribution in [-0.2, 0) is 10.0 Å². The lowest BCUT2D eigenvalue weighted by Crippen LogP contribution is -2.46. The first kappa shape index (κ1) is 23.7. The summed E-state index contributed by atoms with van der Waals surface area (Å²) in [5, 5.41) is 10.7. The number of imidazole rings is 1. The van der Waals surface area contributed by atoms with Crippen LogP contribution in [0.5, 0.6) is 0 Å². The Morgan fingerprint density at radius 1 is 1.27 bits per heavy atom. The van der Waals surface area contributed by atoms with E-state index in [9.17, 15) is 13.5 Å². The molecule has 3 aromatic rings. The Kier molecular flexibility index (Phi) is 6.50. The first-order chi connectivity index (χ1) is 15.5.